The average Bonchev–Trinajstić information content (AvgIpc) is 2.53. The molecule has 1 rings (SSSR count). The van der Waals surface area contributed by atoms with E-state index >= 15 is 0 Å². The fraction of sp³-hybridized carbons (Fsp3) is 0.696. The third-order valence-electron chi connectivity index (χ3n) is 4.16. The Bertz CT molecular complexity index is 579. The number of aliphatic hydroxyl groups excluding tert-OH is 1. The molecule has 0 saturated heterocycles. The molecule has 4 heteroatoms. The second kappa shape index (κ2) is 10.8. The Balaban J connectivity index is 0.000000972. The van der Waals surface area contributed by atoms with Crippen LogP contribution < -0.4 is 11.1 Å². The number of rotatable bonds is 6. The molecule has 0 fully saturated rings. The van der Waals surface area contributed by atoms with E-state index in [1.165, 1.54) is 11.1 Å². The van der Waals surface area contributed by atoms with Gasteiger partial charge in [-0.05, 0) is 60.8 Å². The van der Waals surface area contributed by atoms with Gasteiger partial charge in [-0.15, -0.1) is 0 Å². The highest BCUT2D eigenvalue weighted by Gasteiger charge is 2.18. The smallest absolute Gasteiger partial charge is 0.251 e. The van der Waals surface area contributed by atoms with E-state index in [1.807, 2.05) is 12.1 Å². The molecule has 156 valence electrons. The van der Waals surface area contributed by atoms with E-state index in [0.717, 1.165) is 18.5 Å². The van der Waals surface area contributed by atoms with Crippen LogP contribution in [0.15, 0.2) is 18.2 Å². The van der Waals surface area contributed by atoms with Crippen molar-refractivity contribution >= 4 is 5.91 Å². The maximum atomic E-state index is 12.4. The van der Waals surface area contributed by atoms with Crippen molar-refractivity contribution in [2.75, 3.05) is 13.2 Å². The molecule has 0 heterocycles. The van der Waals surface area contributed by atoms with Gasteiger partial charge in [0, 0.05) is 17.6 Å². The number of benzene rings is 1. The van der Waals surface area contributed by atoms with Gasteiger partial charge in [0.2, 0.25) is 0 Å². The van der Waals surface area contributed by atoms with Gasteiger partial charge in [-0.1, -0.05) is 54.5 Å². The van der Waals surface area contributed by atoms with Crippen LogP contribution in [-0.4, -0.2) is 29.7 Å². The lowest BCUT2D eigenvalue weighted by molar-refractivity contribution is 0.0951. The summed E-state index contributed by atoms with van der Waals surface area (Å²) in [5.74, 6) is 1.08. The van der Waals surface area contributed by atoms with Crippen LogP contribution in [0.2, 0.25) is 0 Å². The molecule has 0 aliphatic carbocycles. The Hall–Kier alpha value is -1.39. The molecule has 0 atom stereocenters. The van der Waals surface area contributed by atoms with E-state index in [0.29, 0.717) is 11.8 Å². The van der Waals surface area contributed by atoms with Crippen molar-refractivity contribution in [3.05, 3.63) is 34.9 Å². The van der Waals surface area contributed by atoms with Crippen molar-refractivity contribution in [1.29, 1.82) is 0 Å². The van der Waals surface area contributed by atoms with Crippen LogP contribution in [0.4, 0.5) is 0 Å². The molecule has 4 nitrogen and oxygen atoms in total. The summed E-state index contributed by atoms with van der Waals surface area (Å²) in [6.07, 6.45) is 1.02. The molecule has 0 saturated carbocycles. The zero-order valence-electron chi connectivity index (χ0n) is 18.9. The highest BCUT2D eigenvalue weighted by molar-refractivity contribution is 5.94. The van der Waals surface area contributed by atoms with Gasteiger partial charge in [-0.2, -0.15) is 0 Å². The minimum Gasteiger partial charge on any atom is -0.394 e. The molecule has 1 amide bonds. The maximum absolute atomic E-state index is 12.4. The fourth-order valence-corrected chi connectivity index (χ4v) is 2.13. The minimum absolute atomic E-state index is 0.0450. The number of carbonyl (C=O) groups excluding carboxylic acids is 1. The summed E-state index contributed by atoms with van der Waals surface area (Å²) in [6, 6.07) is 6.30. The van der Waals surface area contributed by atoms with Crippen molar-refractivity contribution in [2.45, 2.75) is 85.6 Å². The van der Waals surface area contributed by atoms with Gasteiger partial charge in [0.25, 0.3) is 5.91 Å². The molecular formula is C23H42N2O2. The molecule has 0 unspecified atom stereocenters. The van der Waals surface area contributed by atoms with Crippen LogP contribution in [0.25, 0.3) is 0 Å². The third kappa shape index (κ3) is 11.1. The molecular weight excluding hydrogens is 336 g/mol. The SMILES string of the molecule is CC(C)(N)CO.CC(C)CCNC(=O)c1cc(C(C)C)cc(C(C)(C)C)c1. The van der Waals surface area contributed by atoms with E-state index in [2.05, 4.69) is 59.8 Å². The molecule has 1 aromatic rings. The van der Waals surface area contributed by atoms with Gasteiger partial charge >= 0.3 is 0 Å². The quantitative estimate of drug-likeness (QED) is 0.677. The van der Waals surface area contributed by atoms with Crippen molar-refractivity contribution in [2.24, 2.45) is 11.7 Å². The third-order valence-corrected chi connectivity index (χ3v) is 4.16. The first-order valence-electron chi connectivity index (χ1n) is 10.0. The maximum Gasteiger partial charge on any atom is 0.251 e. The normalized spacial score (nSPS) is 12.0. The van der Waals surface area contributed by atoms with E-state index in [4.69, 9.17) is 10.8 Å². The number of carbonyl (C=O) groups is 1. The second-order valence-corrected chi connectivity index (χ2v) is 9.83. The minimum atomic E-state index is -0.403. The van der Waals surface area contributed by atoms with Crippen LogP contribution in [0.1, 0.15) is 96.1 Å². The van der Waals surface area contributed by atoms with E-state index < -0.39 is 5.54 Å². The number of nitrogens with one attached hydrogen (secondary N) is 1. The number of amides is 1. The van der Waals surface area contributed by atoms with E-state index in [9.17, 15) is 4.79 Å². The van der Waals surface area contributed by atoms with Crippen molar-refractivity contribution in [3.63, 3.8) is 0 Å². The molecule has 0 aliphatic heterocycles. The molecule has 0 radical (unpaired) electrons. The molecule has 0 bridgehead atoms. The van der Waals surface area contributed by atoms with Crippen LogP contribution in [-0.2, 0) is 5.41 Å². The number of hydrogen-bond acceptors (Lipinski definition) is 3. The Labute approximate surface area is 166 Å². The number of nitrogens with two attached hydrogens (primary N) is 1. The lowest BCUT2D eigenvalue weighted by Gasteiger charge is -2.22. The Morgan fingerprint density at radius 3 is 1.96 bits per heavy atom. The first-order chi connectivity index (χ1) is 12.2. The largest absolute Gasteiger partial charge is 0.394 e. The average molecular weight is 379 g/mol. The molecule has 0 aliphatic rings. The van der Waals surface area contributed by atoms with Crippen LogP contribution in [0.3, 0.4) is 0 Å². The first kappa shape index (κ1) is 25.6. The standard InChI is InChI=1S/C19H31NO.C4H11NO/c1-13(2)8-9-20-18(21)16-10-15(14(3)4)11-17(12-16)19(5,6)7;1-4(2,5)3-6/h10-14H,8-9H2,1-7H3,(H,20,21);6H,3,5H2,1-2H3. The molecule has 1 aromatic carbocycles. The summed E-state index contributed by atoms with van der Waals surface area (Å²) in [5, 5.41) is 11.3. The number of hydrogen-bond donors (Lipinski definition) is 3. The molecule has 27 heavy (non-hydrogen) atoms. The molecule has 4 N–H and O–H groups in total. The van der Waals surface area contributed by atoms with Crippen LogP contribution >= 0.6 is 0 Å². The lowest BCUT2D eigenvalue weighted by Crippen LogP contribution is -2.35. The highest BCUT2D eigenvalue weighted by atomic mass is 16.3. The summed E-state index contributed by atoms with van der Waals surface area (Å²) in [6.45, 7) is 19.6. The summed E-state index contributed by atoms with van der Waals surface area (Å²) >= 11 is 0. The summed E-state index contributed by atoms with van der Waals surface area (Å²) in [4.78, 5) is 12.4. The zero-order chi connectivity index (χ0) is 21.4. The van der Waals surface area contributed by atoms with Crippen molar-refractivity contribution < 1.29 is 9.90 Å². The fourth-order valence-electron chi connectivity index (χ4n) is 2.13. The Morgan fingerprint density at radius 2 is 1.59 bits per heavy atom. The Kier molecular flexibility index (Phi) is 10.3. The van der Waals surface area contributed by atoms with Gasteiger partial charge in [0.15, 0.2) is 0 Å². The van der Waals surface area contributed by atoms with Crippen LogP contribution in [0.5, 0.6) is 0 Å². The van der Waals surface area contributed by atoms with E-state index in [1.54, 1.807) is 13.8 Å². The topological polar surface area (TPSA) is 75.3 Å². The molecule has 0 spiro atoms. The van der Waals surface area contributed by atoms with Gasteiger partial charge in [-0.3, -0.25) is 4.79 Å². The predicted molar refractivity (Wildman–Crippen MR) is 116 cm³/mol. The van der Waals surface area contributed by atoms with Gasteiger partial charge in [0.1, 0.15) is 0 Å². The zero-order valence-corrected chi connectivity index (χ0v) is 18.9. The van der Waals surface area contributed by atoms with Gasteiger partial charge in [0.05, 0.1) is 6.61 Å². The lowest BCUT2D eigenvalue weighted by atomic mass is 9.83. The van der Waals surface area contributed by atoms with Crippen LogP contribution in [0, 0.1) is 5.92 Å². The van der Waals surface area contributed by atoms with Crippen molar-refractivity contribution in [3.8, 4) is 0 Å². The highest BCUT2D eigenvalue weighted by Crippen LogP contribution is 2.27. The Morgan fingerprint density at radius 1 is 1.07 bits per heavy atom. The van der Waals surface area contributed by atoms with Gasteiger partial charge in [-0.25, -0.2) is 0 Å². The summed E-state index contributed by atoms with van der Waals surface area (Å²) < 4.78 is 0. The second-order valence-electron chi connectivity index (χ2n) is 9.83. The first-order valence-corrected chi connectivity index (χ1v) is 10.0. The van der Waals surface area contributed by atoms with E-state index in [-0.39, 0.29) is 17.9 Å². The summed E-state index contributed by atoms with van der Waals surface area (Å²) in [5.41, 5.74) is 8.18. The monoisotopic (exact) mass is 378 g/mol. The van der Waals surface area contributed by atoms with Crippen molar-refractivity contribution in [1.82, 2.24) is 5.32 Å². The predicted octanol–water partition coefficient (Wildman–Crippen LogP) is 4.60. The van der Waals surface area contributed by atoms with Gasteiger partial charge < -0.3 is 16.2 Å². The molecule has 0 aromatic heterocycles. The summed E-state index contributed by atoms with van der Waals surface area (Å²) in [7, 11) is 0. The number of aliphatic hydroxyl groups is 1.